The third-order valence-electron chi connectivity index (χ3n) is 2.61. The number of carbonyl (C=O) groups is 1. The van der Waals surface area contributed by atoms with Gasteiger partial charge in [-0.3, -0.25) is 4.79 Å². The van der Waals surface area contributed by atoms with E-state index in [0.717, 1.165) is 12.1 Å². The van der Waals surface area contributed by atoms with Crippen LogP contribution < -0.4 is 34.9 Å². The van der Waals surface area contributed by atoms with E-state index >= 15 is 0 Å². The zero-order valence-electron chi connectivity index (χ0n) is 11.4. The van der Waals surface area contributed by atoms with Gasteiger partial charge in [0, 0.05) is 0 Å². The van der Waals surface area contributed by atoms with Crippen LogP contribution in [0.1, 0.15) is 11.7 Å². The number of amides is 1. The Balaban J connectivity index is 0.00000441. The average molecular weight is 380 g/mol. The van der Waals surface area contributed by atoms with Gasteiger partial charge in [0.2, 0.25) is 0 Å². The molecule has 7 nitrogen and oxygen atoms in total. The van der Waals surface area contributed by atoms with Crippen molar-refractivity contribution >= 4 is 39.2 Å². The van der Waals surface area contributed by atoms with Crippen LogP contribution >= 0.6 is 23.2 Å². The van der Waals surface area contributed by atoms with Crippen LogP contribution in [0.25, 0.3) is 0 Å². The summed E-state index contributed by atoms with van der Waals surface area (Å²) in [5.41, 5.74) is 0.197. The fourth-order valence-electron chi connectivity index (χ4n) is 1.53. The number of rotatable bonds is 6. The van der Waals surface area contributed by atoms with Crippen molar-refractivity contribution in [3.63, 3.8) is 0 Å². The van der Waals surface area contributed by atoms with Crippen LogP contribution in [0.5, 0.6) is 0 Å². The average Bonchev–Trinajstić information content (AvgIpc) is 2.42. The molecule has 0 aliphatic carbocycles. The molecule has 118 valence electrons. The summed E-state index contributed by atoms with van der Waals surface area (Å²) >= 11 is 10.7. The minimum Gasteiger partial charge on any atom is -0.744 e. The molecule has 1 amide bonds. The molecule has 11 heteroatoms. The van der Waals surface area contributed by atoms with Crippen molar-refractivity contribution in [2.75, 3.05) is 6.61 Å². The summed E-state index contributed by atoms with van der Waals surface area (Å²) in [7, 11) is -4.59. The van der Waals surface area contributed by atoms with E-state index in [2.05, 4.69) is 5.32 Å². The van der Waals surface area contributed by atoms with Crippen LogP contribution in [0.3, 0.4) is 0 Å². The van der Waals surface area contributed by atoms with Crippen LogP contribution in [0.15, 0.2) is 29.2 Å². The van der Waals surface area contributed by atoms with Crippen molar-refractivity contribution in [1.29, 1.82) is 0 Å². The number of aliphatic hydroxyl groups is 2. The SMILES string of the molecule is O=C(NC(CO)C(O)c1ccc(S(=O)(=O)[O-])cc1)C(Cl)Cl.[Na+]. The zero-order chi connectivity index (χ0) is 16.2. The number of benzene rings is 1. The summed E-state index contributed by atoms with van der Waals surface area (Å²) in [6.45, 7) is -0.602. The normalized spacial score (nSPS) is 14.1. The maximum Gasteiger partial charge on any atom is 1.00 e. The van der Waals surface area contributed by atoms with E-state index in [-0.39, 0.29) is 35.1 Å². The van der Waals surface area contributed by atoms with Crippen molar-refractivity contribution in [2.45, 2.75) is 21.9 Å². The molecule has 2 atom stereocenters. The molecule has 0 saturated carbocycles. The maximum absolute atomic E-state index is 11.3. The van der Waals surface area contributed by atoms with Crippen molar-refractivity contribution in [2.24, 2.45) is 0 Å². The van der Waals surface area contributed by atoms with Gasteiger partial charge in [-0.25, -0.2) is 8.42 Å². The van der Waals surface area contributed by atoms with Crippen LogP contribution in [0.2, 0.25) is 0 Å². The Morgan fingerprint density at radius 1 is 1.27 bits per heavy atom. The molecule has 0 aliphatic rings. The number of alkyl halides is 2. The third-order valence-corrected chi connectivity index (χ3v) is 3.86. The van der Waals surface area contributed by atoms with Crippen molar-refractivity contribution in [3.05, 3.63) is 29.8 Å². The summed E-state index contributed by atoms with van der Waals surface area (Å²) in [6.07, 6.45) is -1.34. The van der Waals surface area contributed by atoms with Gasteiger partial charge in [0.15, 0.2) is 4.84 Å². The summed E-state index contributed by atoms with van der Waals surface area (Å²) in [5.74, 6) is -0.796. The summed E-state index contributed by atoms with van der Waals surface area (Å²) in [5, 5.41) is 21.4. The van der Waals surface area contributed by atoms with Gasteiger partial charge in [0.05, 0.1) is 17.5 Å². The Kier molecular flexibility index (Phi) is 9.45. The van der Waals surface area contributed by atoms with Gasteiger partial charge in [-0.15, -0.1) is 0 Å². The van der Waals surface area contributed by atoms with Gasteiger partial charge in [-0.1, -0.05) is 35.3 Å². The van der Waals surface area contributed by atoms with Gasteiger partial charge < -0.3 is 20.1 Å². The van der Waals surface area contributed by atoms with Crippen LogP contribution in [-0.2, 0) is 14.9 Å². The van der Waals surface area contributed by atoms with Gasteiger partial charge in [0.25, 0.3) is 5.91 Å². The summed E-state index contributed by atoms with van der Waals surface area (Å²) in [4.78, 5) is 9.50. The quantitative estimate of drug-likeness (QED) is 0.273. The Morgan fingerprint density at radius 2 is 1.77 bits per heavy atom. The Labute approximate surface area is 159 Å². The first-order valence-electron chi connectivity index (χ1n) is 5.60. The molecule has 0 aliphatic heterocycles. The fourth-order valence-corrected chi connectivity index (χ4v) is 2.13. The fraction of sp³-hybridized carbons (Fsp3) is 0.364. The molecule has 0 saturated heterocycles. The molecule has 0 heterocycles. The number of carbonyl (C=O) groups excluding carboxylic acids is 1. The van der Waals surface area contributed by atoms with Crippen molar-refractivity contribution < 1.29 is 57.5 Å². The second-order valence-corrected chi connectivity index (χ2v) is 6.54. The van der Waals surface area contributed by atoms with Gasteiger partial charge in [0.1, 0.15) is 16.2 Å². The number of nitrogens with one attached hydrogen (secondary N) is 1. The van der Waals surface area contributed by atoms with Gasteiger partial charge >= 0.3 is 29.6 Å². The van der Waals surface area contributed by atoms with E-state index in [1.165, 1.54) is 12.1 Å². The van der Waals surface area contributed by atoms with E-state index in [9.17, 15) is 22.9 Å². The molecule has 22 heavy (non-hydrogen) atoms. The molecule has 2 unspecified atom stereocenters. The van der Waals surface area contributed by atoms with Crippen molar-refractivity contribution in [3.8, 4) is 0 Å². The largest absolute Gasteiger partial charge is 1.00 e. The summed E-state index contributed by atoms with van der Waals surface area (Å²) < 4.78 is 32.3. The Bertz CT molecular complexity index is 595. The first-order valence-corrected chi connectivity index (χ1v) is 7.88. The second-order valence-electron chi connectivity index (χ2n) is 4.07. The first kappa shape index (κ1) is 22.1. The van der Waals surface area contributed by atoms with E-state index in [1.54, 1.807) is 0 Å². The minimum absolute atomic E-state index is 0. The smallest absolute Gasteiger partial charge is 0.744 e. The molecule has 0 fully saturated rings. The summed E-state index contributed by atoms with van der Waals surface area (Å²) in [6, 6.07) is 3.34. The molecule has 0 spiro atoms. The van der Waals surface area contributed by atoms with Crippen LogP contribution in [-0.4, -0.2) is 46.6 Å². The van der Waals surface area contributed by atoms with Gasteiger partial charge in [-0.2, -0.15) is 0 Å². The predicted octanol–water partition coefficient (Wildman–Crippen LogP) is -3.09. The molecule has 0 radical (unpaired) electrons. The third kappa shape index (κ3) is 6.31. The molecule has 1 aromatic rings. The maximum atomic E-state index is 11.3. The molecule has 3 N–H and O–H groups in total. The minimum atomic E-state index is -4.59. The zero-order valence-corrected chi connectivity index (χ0v) is 15.8. The first-order chi connectivity index (χ1) is 9.66. The Hall–Kier alpha value is 0.100. The Morgan fingerprint density at radius 3 is 2.14 bits per heavy atom. The number of hydrogen-bond donors (Lipinski definition) is 3. The second kappa shape index (κ2) is 9.41. The van der Waals surface area contributed by atoms with E-state index in [4.69, 9.17) is 28.3 Å². The molecule has 0 bridgehead atoms. The van der Waals surface area contributed by atoms with E-state index in [1.807, 2.05) is 0 Å². The monoisotopic (exact) mass is 379 g/mol. The standard InChI is InChI=1S/C11H13Cl2NO6S.Na/c12-10(13)11(17)14-8(5-15)9(16)6-1-3-7(4-2-6)21(18,19)20;/h1-4,8-10,15-16H,5H2,(H,14,17)(H,18,19,20);/q;+1/p-1. The van der Waals surface area contributed by atoms with Crippen LogP contribution in [0, 0.1) is 0 Å². The predicted molar refractivity (Wildman–Crippen MR) is 73.9 cm³/mol. The number of hydrogen-bond acceptors (Lipinski definition) is 6. The number of aliphatic hydroxyl groups excluding tert-OH is 2. The van der Waals surface area contributed by atoms with Crippen LogP contribution in [0.4, 0.5) is 0 Å². The van der Waals surface area contributed by atoms with Gasteiger partial charge in [-0.05, 0) is 17.7 Å². The van der Waals surface area contributed by atoms with Crippen molar-refractivity contribution in [1.82, 2.24) is 5.32 Å². The molecule has 1 aromatic carbocycles. The molecular formula is C11H12Cl2NNaO6S. The van der Waals surface area contributed by atoms with E-state index in [0.29, 0.717) is 0 Å². The molecule has 0 aromatic heterocycles. The van der Waals surface area contributed by atoms with E-state index < -0.39 is 44.5 Å². The number of halogens is 2. The molecule has 1 rings (SSSR count). The molecular weight excluding hydrogens is 368 g/mol. The topological polar surface area (TPSA) is 127 Å².